The van der Waals surface area contributed by atoms with E-state index in [9.17, 15) is 18.0 Å². The van der Waals surface area contributed by atoms with Crippen molar-refractivity contribution in [3.05, 3.63) is 66.1 Å². The Morgan fingerprint density at radius 1 is 1.11 bits per heavy atom. The maximum Gasteiger partial charge on any atom is 0.416 e. The van der Waals surface area contributed by atoms with Gasteiger partial charge in [-0.25, -0.2) is 19.7 Å². The largest absolute Gasteiger partial charge is 0.443 e. The average molecular weight is 531 g/mol. The Labute approximate surface area is 215 Å². The smallest absolute Gasteiger partial charge is 0.416 e. The molecule has 37 heavy (non-hydrogen) atoms. The van der Waals surface area contributed by atoms with Crippen molar-refractivity contribution in [1.29, 1.82) is 0 Å². The summed E-state index contributed by atoms with van der Waals surface area (Å²) >= 11 is 1.19. The van der Waals surface area contributed by atoms with Gasteiger partial charge in [-0.05, 0) is 63.1 Å². The second-order valence-electron chi connectivity index (χ2n) is 9.44. The van der Waals surface area contributed by atoms with Crippen molar-refractivity contribution in [2.45, 2.75) is 45.0 Å². The number of benzene rings is 2. The third-order valence-electron chi connectivity index (χ3n) is 5.21. The van der Waals surface area contributed by atoms with E-state index in [1.807, 2.05) is 18.2 Å². The summed E-state index contributed by atoms with van der Waals surface area (Å²) in [7, 11) is 0. The number of anilines is 1. The molecule has 2 aromatic carbocycles. The topological polar surface area (TPSA) is 107 Å². The lowest BCUT2D eigenvalue weighted by Crippen LogP contribution is -2.44. The highest BCUT2D eigenvalue weighted by Crippen LogP contribution is 2.32. The van der Waals surface area contributed by atoms with Crippen molar-refractivity contribution in [2.24, 2.45) is 5.73 Å². The number of alkyl halides is 3. The van der Waals surface area contributed by atoms with Crippen LogP contribution in [0.25, 0.3) is 21.5 Å². The zero-order valence-electron chi connectivity index (χ0n) is 20.4. The zero-order valence-corrected chi connectivity index (χ0v) is 21.2. The minimum absolute atomic E-state index is 0.0239. The van der Waals surface area contributed by atoms with E-state index >= 15 is 0 Å². The molecule has 1 amide bonds. The predicted octanol–water partition coefficient (Wildman–Crippen LogP) is 5.48. The highest BCUT2D eigenvalue weighted by Gasteiger charge is 2.31. The molecule has 1 atom stereocenters. The molecule has 0 spiro atoms. The van der Waals surface area contributed by atoms with Gasteiger partial charge in [0.15, 0.2) is 0 Å². The standard InChI is InChI=1S/C25H25F3N6O2S/c1-24(2,3)36-23(35)34(13-19(29)10-15-4-7-18(8-5-15)25(26,27)28)22-33-32-21(37-22)16-6-9-20-17(11-16)12-30-14-31-20/h4-9,11-12,14,19H,10,13,29H2,1-3H3. The first-order chi connectivity index (χ1) is 17.4. The molecule has 4 aromatic rings. The van der Waals surface area contributed by atoms with E-state index in [-0.39, 0.29) is 18.1 Å². The van der Waals surface area contributed by atoms with Crippen molar-refractivity contribution in [3.63, 3.8) is 0 Å². The van der Waals surface area contributed by atoms with E-state index < -0.39 is 29.5 Å². The van der Waals surface area contributed by atoms with Crippen LogP contribution in [0.1, 0.15) is 31.9 Å². The maximum absolute atomic E-state index is 13.1. The van der Waals surface area contributed by atoms with E-state index in [1.165, 1.54) is 34.7 Å². The number of halogens is 3. The fourth-order valence-electron chi connectivity index (χ4n) is 3.54. The third-order valence-corrected chi connectivity index (χ3v) is 6.20. The van der Waals surface area contributed by atoms with Gasteiger partial charge in [-0.1, -0.05) is 23.5 Å². The molecular formula is C25H25F3N6O2S. The van der Waals surface area contributed by atoms with Gasteiger partial charge < -0.3 is 10.5 Å². The lowest BCUT2D eigenvalue weighted by Gasteiger charge is -2.27. The molecular weight excluding hydrogens is 505 g/mol. The Morgan fingerprint density at radius 3 is 2.51 bits per heavy atom. The van der Waals surface area contributed by atoms with Gasteiger partial charge in [0.05, 0.1) is 11.1 Å². The molecule has 0 radical (unpaired) electrons. The number of nitrogens with zero attached hydrogens (tertiary/aromatic N) is 5. The number of amides is 1. The quantitative estimate of drug-likeness (QED) is 0.352. The number of ether oxygens (including phenoxy) is 1. The van der Waals surface area contributed by atoms with Crippen LogP contribution >= 0.6 is 11.3 Å². The van der Waals surface area contributed by atoms with Gasteiger partial charge in [-0.15, -0.1) is 10.2 Å². The molecule has 2 aromatic heterocycles. The molecule has 2 heterocycles. The molecule has 0 saturated heterocycles. The minimum Gasteiger partial charge on any atom is -0.443 e. The zero-order chi connectivity index (χ0) is 26.8. The summed E-state index contributed by atoms with van der Waals surface area (Å²) in [5.74, 6) is 0. The van der Waals surface area contributed by atoms with Crippen LogP contribution in [-0.4, -0.2) is 44.4 Å². The fourth-order valence-corrected chi connectivity index (χ4v) is 4.38. The molecule has 12 heteroatoms. The number of carbonyl (C=O) groups excluding carboxylic acids is 1. The van der Waals surface area contributed by atoms with Gasteiger partial charge in [0.1, 0.15) is 16.9 Å². The first-order valence-corrected chi connectivity index (χ1v) is 12.2. The van der Waals surface area contributed by atoms with Crippen molar-refractivity contribution in [2.75, 3.05) is 11.4 Å². The number of nitrogens with two attached hydrogens (primary N) is 1. The SMILES string of the molecule is CC(C)(C)OC(=O)N(CC(N)Cc1ccc(C(F)(F)F)cc1)c1nnc(-c2ccc3ncncc3c2)s1. The third kappa shape index (κ3) is 6.77. The van der Waals surface area contributed by atoms with Crippen LogP contribution < -0.4 is 10.6 Å². The first-order valence-electron chi connectivity index (χ1n) is 11.3. The summed E-state index contributed by atoms with van der Waals surface area (Å²) in [6.07, 6.45) is -1.65. The van der Waals surface area contributed by atoms with Crippen molar-refractivity contribution in [3.8, 4) is 10.6 Å². The van der Waals surface area contributed by atoms with Gasteiger partial charge in [0.25, 0.3) is 0 Å². The normalized spacial score (nSPS) is 12.9. The van der Waals surface area contributed by atoms with E-state index in [2.05, 4.69) is 20.2 Å². The molecule has 194 valence electrons. The van der Waals surface area contributed by atoms with Crippen LogP contribution in [0, 0.1) is 0 Å². The Hall–Kier alpha value is -3.64. The summed E-state index contributed by atoms with van der Waals surface area (Å²) in [4.78, 5) is 22.6. The van der Waals surface area contributed by atoms with Gasteiger partial charge in [0, 0.05) is 29.7 Å². The van der Waals surface area contributed by atoms with Crippen molar-refractivity contribution >= 4 is 33.5 Å². The number of aromatic nitrogens is 4. The monoisotopic (exact) mass is 530 g/mol. The second-order valence-corrected chi connectivity index (χ2v) is 10.4. The Kier molecular flexibility index (Phi) is 7.42. The summed E-state index contributed by atoms with van der Waals surface area (Å²) in [6, 6.07) is 9.77. The fraction of sp³-hybridized carbons (Fsp3) is 0.320. The predicted molar refractivity (Wildman–Crippen MR) is 135 cm³/mol. The molecule has 4 rings (SSSR count). The van der Waals surface area contributed by atoms with Crippen molar-refractivity contribution < 1.29 is 22.7 Å². The average Bonchev–Trinajstić information content (AvgIpc) is 3.31. The molecule has 8 nitrogen and oxygen atoms in total. The molecule has 2 N–H and O–H groups in total. The number of carbonyl (C=O) groups is 1. The van der Waals surface area contributed by atoms with E-state index in [0.717, 1.165) is 28.6 Å². The molecule has 0 aliphatic heterocycles. The number of hydrogen-bond donors (Lipinski definition) is 1. The van der Waals surface area contributed by atoms with E-state index in [4.69, 9.17) is 10.5 Å². The highest BCUT2D eigenvalue weighted by atomic mass is 32.1. The van der Waals surface area contributed by atoms with Crippen LogP contribution in [0.4, 0.5) is 23.1 Å². The Morgan fingerprint density at radius 2 is 1.84 bits per heavy atom. The lowest BCUT2D eigenvalue weighted by molar-refractivity contribution is -0.137. The van der Waals surface area contributed by atoms with Crippen LogP contribution in [-0.2, 0) is 17.3 Å². The molecule has 0 fully saturated rings. The van der Waals surface area contributed by atoms with E-state index in [0.29, 0.717) is 10.6 Å². The summed E-state index contributed by atoms with van der Waals surface area (Å²) in [5.41, 5.74) is 7.00. The number of hydrogen-bond acceptors (Lipinski definition) is 8. The molecule has 0 aliphatic carbocycles. The molecule has 0 bridgehead atoms. The summed E-state index contributed by atoms with van der Waals surface area (Å²) in [5, 5.41) is 10.1. The molecule has 0 saturated carbocycles. The van der Waals surface area contributed by atoms with Gasteiger partial charge >= 0.3 is 12.3 Å². The van der Waals surface area contributed by atoms with Crippen LogP contribution in [0.15, 0.2) is 55.0 Å². The Bertz CT molecular complexity index is 1390. The van der Waals surface area contributed by atoms with Gasteiger partial charge in [-0.3, -0.25) is 0 Å². The first kappa shape index (κ1) is 26.4. The van der Waals surface area contributed by atoms with Crippen molar-refractivity contribution in [1.82, 2.24) is 20.2 Å². The Balaban J connectivity index is 1.56. The molecule has 0 aliphatic rings. The lowest BCUT2D eigenvalue weighted by atomic mass is 10.0. The number of rotatable bonds is 6. The molecule has 1 unspecified atom stereocenters. The summed E-state index contributed by atoms with van der Waals surface area (Å²) in [6.45, 7) is 5.26. The highest BCUT2D eigenvalue weighted by molar-refractivity contribution is 7.18. The van der Waals surface area contributed by atoms with E-state index in [1.54, 1.807) is 27.0 Å². The summed E-state index contributed by atoms with van der Waals surface area (Å²) < 4.78 is 44.2. The van der Waals surface area contributed by atoms with Gasteiger partial charge in [-0.2, -0.15) is 13.2 Å². The second kappa shape index (κ2) is 10.4. The minimum atomic E-state index is -4.41. The van der Waals surface area contributed by atoms with Crippen LogP contribution in [0.5, 0.6) is 0 Å². The van der Waals surface area contributed by atoms with Gasteiger partial charge in [0.2, 0.25) is 5.13 Å². The number of fused-ring (bicyclic) bond motifs is 1. The van der Waals surface area contributed by atoms with Crippen LogP contribution in [0.2, 0.25) is 0 Å². The van der Waals surface area contributed by atoms with Crippen LogP contribution in [0.3, 0.4) is 0 Å². The maximum atomic E-state index is 13.1.